The number of unbranched alkanes of at least 4 members (excludes halogenated alkanes) is 1. The minimum Gasteiger partial charge on any atom is -0.320 e. The lowest BCUT2D eigenvalue weighted by Crippen LogP contribution is -2.27. The van der Waals surface area contributed by atoms with Crippen molar-refractivity contribution < 1.29 is 0 Å². The summed E-state index contributed by atoms with van der Waals surface area (Å²) in [6, 6.07) is 0. The fraction of sp³-hybridized carbons (Fsp3) is 1.00. The maximum atomic E-state index is 3.23. The van der Waals surface area contributed by atoms with Crippen LogP contribution >= 0.6 is 0 Å². The van der Waals surface area contributed by atoms with Crippen molar-refractivity contribution in [2.75, 3.05) is 33.7 Å². The van der Waals surface area contributed by atoms with E-state index < -0.39 is 0 Å². The predicted molar refractivity (Wildman–Crippen MR) is 69.3 cm³/mol. The highest BCUT2D eigenvalue weighted by Crippen LogP contribution is 2.24. The van der Waals surface area contributed by atoms with E-state index >= 15 is 0 Å². The number of nitrogens with one attached hydrogen (secondary N) is 1. The topological polar surface area (TPSA) is 15.3 Å². The highest BCUT2D eigenvalue weighted by atomic mass is 15.1. The molecule has 0 heterocycles. The summed E-state index contributed by atoms with van der Waals surface area (Å²) >= 11 is 0. The fourth-order valence-corrected chi connectivity index (χ4v) is 1.62. The summed E-state index contributed by atoms with van der Waals surface area (Å²) in [6.45, 7) is 10.6. The zero-order chi connectivity index (χ0) is 11.7. The molecule has 0 amide bonds. The molecule has 0 saturated carbocycles. The van der Waals surface area contributed by atoms with Crippen LogP contribution in [0.5, 0.6) is 0 Å². The molecule has 0 saturated heterocycles. The second-order valence-electron chi connectivity index (χ2n) is 5.42. The molecular weight excluding hydrogens is 184 g/mol. The molecule has 15 heavy (non-hydrogen) atoms. The zero-order valence-electron chi connectivity index (χ0n) is 11.4. The number of hydrogen-bond acceptors (Lipinski definition) is 2. The van der Waals surface area contributed by atoms with Gasteiger partial charge in [-0.15, -0.1) is 0 Å². The Hall–Kier alpha value is -0.0800. The van der Waals surface area contributed by atoms with Gasteiger partial charge in [-0.1, -0.05) is 27.2 Å². The maximum Gasteiger partial charge on any atom is -0.00167 e. The third-order valence-corrected chi connectivity index (χ3v) is 3.12. The molecule has 0 radical (unpaired) electrons. The Morgan fingerprint density at radius 1 is 1.13 bits per heavy atom. The summed E-state index contributed by atoms with van der Waals surface area (Å²) in [5.74, 6) is 0. The first-order valence-electron chi connectivity index (χ1n) is 6.35. The van der Waals surface area contributed by atoms with Crippen LogP contribution in [-0.2, 0) is 0 Å². The normalized spacial score (nSPS) is 12.4. The second-order valence-corrected chi connectivity index (χ2v) is 5.42. The Bertz CT molecular complexity index is 143. The van der Waals surface area contributed by atoms with Crippen LogP contribution < -0.4 is 5.32 Å². The van der Waals surface area contributed by atoms with Crippen LogP contribution in [0.3, 0.4) is 0 Å². The maximum absolute atomic E-state index is 3.23. The molecule has 0 fully saturated rings. The van der Waals surface area contributed by atoms with Gasteiger partial charge in [0, 0.05) is 0 Å². The minimum absolute atomic E-state index is 0.476. The molecule has 0 bridgehead atoms. The number of rotatable bonds is 9. The van der Waals surface area contributed by atoms with E-state index in [0.717, 1.165) is 6.54 Å². The molecule has 1 N–H and O–H groups in total. The van der Waals surface area contributed by atoms with Gasteiger partial charge < -0.3 is 10.2 Å². The Balaban J connectivity index is 3.62. The van der Waals surface area contributed by atoms with E-state index in [1.165, 1.54) is 38.8 Å². The van der Waals surface area contributed by atoms with Crippen LogP contribution in [-0.4, -0.2) is 38.6 Å². The standard InChI is InChI=1S/C13H30N2/c1-6-7-11-15(5)12-9-13(2,3)8-10-14-4/h14H,6-12H2,1-5H3. The molecule has 2 nitrogen and oxygen atoms in total. The highest BCUT2D eigenvalue weighted by molar-refractivity contribution is 4.71. The van der Waals surface area contributed by atoms with Gasteiger partial charge in [0.05, 0.1) is 0 Å². The van der Waals surface area contributed by atoms with Gasteiger partial charge >= 0.3 is 0 Å². The second kappa shape index (κ2) is 8.12. The third-order valence-electron chi connectivity index (χ3n) is 3.12. The molecule has 0 aromatic rings. The van der Waals surface area contributed by atoms with Crippen LogP contribution in [0.15, 0.2) is 0 Å². The van der Waals surface area contributed by atoms with Crippen molar-refractivity contribution in [3.8, 4) is 0 Å². The minimum atomic E-state index is 0.476. The summed E-state index contributed by atoms with van der Waals surface area (Å²) in [5, 5.41) is 3.23. The molecule has 0 rings (SSSR count). The monoisotopic (exact) mass is 214 g/mol. The van der Waals surface area contributed by atoms with Crippen molar-refractivity contribution in [2.24, 2.45) is 5.41 Å². The molecule has 2 heteroatoms. The molecule has 0 spiro atoms. The van der Waals surface area contributed by atoms with E-state index in [2.05, 4.69) is 38.0 Å². The average molecular weight is 214 g/mol. The average Bonchev–Trinajstić information content (AvgIpc) is 2.21. The predicted octanol–water partition coefficient (Wildman–Crippen LogP) is 2.74. The van der Waals surface area contributed by atoms with Gasteiger partial charge in [-0.25, -0.2) is 0 Å². The van der Waals surface area contributed by atoms with Crippen molar-refractivity contribution in [2.45, 2.75) is 46.5 Å². The zero-order valence-corrected chi connectivity index (χ0v) is 11.4. The Kier molecular flexibility index (Phi) is 8.07. The molecule has 92 valence electrons. The van der Waals surface area contributed by atoms with Crippen LogP contribution in [0.25, 0.3) is 0 Å². The molecule has 0 unspecified atom stereocenters. The molecule has 0 aliphatic rings. The highest BCUT2D eigenvalue weighted by Gasteiger charge is 2.17. The fourth-order valence-electron chi connectivity index (χ4n) is 1.62. The Labute approximate surface area is 96.4 Å². The van der Waals surface area contributed by atoms with Crippen molar-refractivity contribution in [1.29, 1.82) is 0 Å². The van der Waals surface area contributed by atoms with Crippen molar-refractivity contribution in [3.05, 3.63) is 0 Å². The largest absolute Gasteiger partial charge is 0.320 e. The third kappa shape index (κ3) is 8.88. The lowest BCUT2D eigenvalue weighted by molar-refractivity contribution is 0.234. The van der Waals surface area contributed by atoms with Gasteiger partial charge in [-0.05, 0) is 58.4 Å². The van der Waals surface area contributed by atoms with Gasteiger partial charge in [-0.3, -0.25) is 0 Å². The number of nitrogens with zero attached hydrogens (tertiary/aromatic N) is 1. The summed E-state index contributed by atoms with van der Waals surface area (Å²) < 4.78 is 0. The van der Waals surface area contributed by atoms with Crippen molar-refractivity contribution in [1.82, 2.24) is 10.2 Å². The first-order valence-corrected chi connectivity index (χ1v) is 6.35. The van der Waals surface area contributed by atoms with E-state index in [-0.39, 0.29) is 0 Å². The molecular formula is C13H30N2. The molecule has 0 aliphatic carbocycles. The Morgan fingerprint density at radius 2 is 1.80 bits per heavy atom. The van der Waals surface area contributed by atoms with Crippen LogP contribution in [0, 0.1) is 5.41 Å². The first kappa shape index (κ1) is 14.9. The SMILES string of the molecule is CCCCN(C)CCC(C)(C)CCNC. The van der Waals surface area contributed by atoms with E-state index in [0.29, 0.717) is 5.41 Å². The quantitative estimate of drug-likeness (QED) is 0.635. The summed E-state index contributed by atoms with van der Waals surface area (Å²) in [7, 11) is 4.27. The van der Waals surface area contributed by atoms with Gasteiger partial charge in [0.15, 0.2) is 0 Å². The van der Waals surface area contributed by atoms with E-state index in [4.69, 9.17) is 0 Å². The van der Waals surface area contributed by atoms with Gasteiger partial charge in [0.25, 0.3) is 0 Å². The summed E-state index contributed by atoms with van der Waals surface area (Å²) in [5.41, 5.74) is 0.476. The van der Waals surface area contributed by atoms with Gasteiger partial charge in [0.2, 0.25) is 0 Å². The number of hydrogen-bond donors (Lipinski definition) is 1. The molecule has 0 aliphatic heterocycles. The van der Waals surface area contributed by atoms with E-state index in [9.17, 15) is 0 Å². The van der Waals surface area contributed by atoms with E-state index in [1.807, 2.05) is 7.05 Å². The van der Waals surface area contributed by atoms with Crippen LogP contribution in [0.2, 0.25) is 0 Å². The smallest absolute Gasteiger partial charge is 0.00167 e. The van der Waals surface area contributed by atoms with E-state index in [1.54, 1.807) is 0 Å². The van der Waals surface area contributed by atoms with Crippen LogP contribution in [0.1, 0.15) is 46.5 Å². The lowest BCUT2D eigenvalue weighted by Gasteiger charge is -2.27. The molecule has 0 atom stereocenters. The summed E-state index contributed by atoms with van der Waals surface area (Å²) in [4.78, 5) is 2.46. The Morgan fingerprint density at radius 3 is 2.33 bits per heavy atom. The van der Waals surface area contributed by atoms with Crippen molar-refractivity contribution >= 4 is 0 Å². The van der Waals surface area contributed by atoms with Gasteiger partial charge in [0.1, 0.15) is 0 Å². The van der Waals surface area contributed by atoms with Crippen LogP contribution in [0.4, 0.5) is 0 Å². The van der Waals surface area contributed by atoms with Crippen molar-refractivity contribution in [3.63, 3.8) is 0 Å². The molecule has 0 aromatic heterocycles. The van der Waals surface area contributed by atoms with Gasteiger partial charge in [-0.2, -0.15) is 0 Å². The first-order chi connectivity index (χ1) is 7.02. The summed E-state index contributed by atoms with van der Waals surface area (Å²) in [6.07, 6.45) is 5.20. The lowest BCUT2D eigenvalue weighted by atomic mass is 9.85. The molecule has 0 aromatic carbocycles.